The molecule has 4 aliphatic rings. The summed E-state index contributed by atoms with van der Waals surface area (Å²) in [6, 6.07) is -1.37. The molecule has 3 heterocycles. The van der Waals surface area contributed by atoms with Gasteiger partial charge < -0.3 is 147 Å². The first-order valence-electron chi connectivity index (χ1n) is 49.8. The molecule has 10 amide bonds. The van der Waals surface area contributed by atoms with E-state index in [1.165, 1.54) is 20.8 Å². The van der Waals surface area contributed by atoms with Crippen LogP contribution >= 0.6 is 8.53 Å². The summed E-state index contributed by atoms with van der Waals surface area (Å²) in [5.41, 5.74) is -1.55. The minimum absolute atomic E-state index is 0.0210. The predicted molar refractivity (Wildman–Crippen MR) is 513 cm³/mol. The van der Waals surface area contributed by atoms with E-state index in [-0.39, 0.29) is 186 Å². The van der Waals surface area contributed by atoms with Crippen LogP contribution in [-0.4, -0.2) is 358 Å². The van der Waals surface area contributed by atoms with Gasteiger partial charge in [0.15, 0.2) is 55.5 Å². The van der Waals surface area contributed by atoms with E-state index in [0.29, 0.717) is 83.5 Å². The van der Waals surface area contributed by atoms with E-state index >= 15 is 0 Å². The first-order valence-corrected chi connectivity index (χ1v) is 50.9. The Hall–Kier alpha value is -10.6. The van der Waals surface area contributed by atoms with Crippen molar-refractivity contribution >= 4 is 121 Å². The second kappa shape index (κ2) is 71.1. The van der Waals surface area contributed by atoms with Gasteiger partial charge in [-0.2, -0.15) is 5.26 Å². The second-order valence-electron chi connectivity index (χ2n) is 36.1. The third kappa shape index (κ3) is 53.4. The van der Waals surface area contributed by atoms with E-state index in [9.17, 15) is 96.4 Å². The van der Waals surface area contributed by atoms with Crippen LogP contribution in [0.25, 0.3) is 0 Å². The fourth-order valence-electron chi connectivity index (χ4n) is 16.0. The molecule has 0 aromatic rings. The van der Waals surface area contributed by atoms with E-state index in [0.717, 1.165) is 62.3 Å². The lowest BCUT2D eigenvalue weighted by molar-refractivity contribution is -0.277. The number of nitriles is 1. The van der Waals surface area contributed by atoms with E-state index < -0.39 is 227 Å². The zero-order valence-corrected chi connectivity index (χ0v) is 88.2. The van der Waals surface area contributed by atoms with Crippen molar-refractivity contribution in [1.29, 1.82) is 5.26 Å². The highest BCUT2D eigenvalue weighted by Crippen LogP contribution is 2.49. The van der Waals surface area contributed by atoms with E-state index in [2.05, 4.69) is 63.9 Å². The predicted octanol–water partition coefficient (Wildman–Crippen LogP) is 1.31. The number of hydrogen-bond donors (Lipinski definition) is 10. The molecule has 16 atom stereocenters. The van der Waals surface area contributed by atoms with Crippen molar-refractivity contribution in [3.63, 3.8) is 0 Å². The van der Waals surface area contributed by atoms with Gasteiger partial charge >= 0.3 is 53.7 Å². The normalized spacial score (nSPS) is 22.7. The van der Waals surface area contributed by atoms with Crippen LogP contribution in [0.15, 0.2) is 0 Å². The van der Waals surface area contributed by atoms with E-state index in [1.54, 1.807) is 0 Å². The van der Waals surface area contributed by atoms with Gasteiger partial charge in [-0.15, -0.1) is 0 Å². The van der Waals surface area contributed by atoms with Gasteiger partial charge in [-0.1, -0.05) is 0 Å². The van der Waals surface area contributed by atoms with Gasteiger partial charge in [-0.25, -0.2) is 4.67 Å². The first kappa shape index (κ1) is 129. The Bertz CT molecular complexity index is 3870. The Morgan fingerprint density at radius 1 is 0.354 bits per heavy atom. The quantitative estimate of drug-likeness (QED) is 0.0178. The van der Waals surface area contributed by atoms with Crippen molar-refractivity contribution in [2.45, 2.75) is 355 Å². The highest BCUT2D eigenvalue weighted by Gasteiger charge is 2.55. The maximum Gasteiger partial charge on any atom is 0.303 e. The standard InChI is InChI=1S/C95H155N12O39P/c1-57(2)107(58(3)4)147(136-47-23-37-96)146-72-32-30-71(31-33-72)91(126)106-95(54-127-48-34-79(123)100-41-24-38-97-76(120)27-17-20-44-130-92-82(103-59(5)108)88(140-68(14)117)85(137-65(11)114)73(143-92)51-133-62(8)111,55-128-49-35-80(124)101-42-25-39-98-77(121)28-18-21-45-131-93-83(104-60(6)109)89(141-69(15)118)86(138-66(12)115)74(144-93)52-134-63(9)112)56-129-50-36-81(125)102-43-26-40-99-78(122)29-19-22-46-132-94-84(105-61(7)110)90(142-70(16)119)87(139-67(13)116)75(145-94)53-135-64(10)113/h57-58,71-75,82-90,92-94H,17-36,38-56H2,1-16H3,(H,97,120)(H,98,121)(H,99,122)(H,100,123)(H,101,124)(H,102,125)(H,103,108)(H,104,109)(H,105,110)(H,106,126). The van der Waals surface area contributed by atoms with Crippen molar-refractivity contribution in [3.8, 4) is 6.07 Å². The number of rotatable bonds is 70. The molecule has 834 valence electrons. The maximum absolute atomic E-state index is 14.9. The number of esters is 9. The number of ether oxygens (including phenoxy) is 18. The van der Waals surface area contributed by atoms with Crippen LogP contribution in [0.5, 0.6) is 0 Å². The maximum atomic E-state index is 14.9. The molecule has 3 saturated heterocycles. The van der Waals surface area contributed by atoms with Crippen molar-refractivity contribution in [3.05, 3.63) is 0 Å². The van der Waals surface area contributed by atoms with E-state index in [4.69, 9.17) is 94.3 Å². The monoisotopic (exact) mass is 2120 g/mol. The second-order valence-corrected chi connectivity index (χ2v) is 37.5. The van der Waals surface area contributed by atoms with Crippen LogP contribution < -0.4 is 53.2 Å². The topological polar surface area (TPSA) is 656 Å². The highest BCUT2D eigenvalue weighted by atomic mass is 31.2. The van der Waals surface area contributed by atoms with Crippen LogP contribution in [0.1, 0.15) is 239 Å². The average Bonchev–Trinajstić information content (AvgIpc) is 0.790. The van der Waals surface area contributed by atoms with Crippen molar-refractivity contribution in [2.24, 2.45) is 5.92 Å². The lowest BCUT2D eigenvalue weighted by Gasteiger charge is -2.44. The summed E-state index contributed by atoms with van der Waals surface area (Å²) < 4.78 is 118. The molecule has 1 saturated carbocycles. The average molecular weight is 2120 g/mol. The molecule has 4 fully saturated rings. The number of nitrogens with one attached hydrogen (secondary N) is 10. The molecule has 4 rings (SSSR count). The lowest BCUT2D eigenvalue weighted by atomic mass is 9.86. The van der Waals surface area contributed by atoms with Crippen molar-refractivity contribution < 1.29 is 185 Å². The van der Waals surface area contributed by atoms with Gasteiger partial charge in [0.25, 0.3) is 8.53 Å². The first-order chi connectivity index (χ1) is 69.8. The molecule has 16 unspecified atom stereocenters. The molecular formula is C95H155N12O39P. The summed E-state index contributed by atoms with van der Waals surface area (Å²) in [6.45, 7) is 20.1. The lowest BCUT2D eigenvalue weighted by Crippen LogP contribution is -2.66. The molecule has 0 aromatic heterocycles. The van der Waals surface area contributed by atoms with Crippen molar-refractivity contribution in [2.75, 3.05) is 125 Å². The number of amides is 10. The molecule has 3 aliphatic heterocycles. The third-order valence-corrected chi connectivity index (χ3v) is 24.5. The number of carbonyl (C=O) groups is 19. The van der Waals surface area contributed by atoms with Crippen molar-refractivity contribution in [1.82, 2.24) is 57.8 Å². The van der Waals surface area contributed by atoms with Crippen LogP contribution in [0, 0.1) is 17.2 Å². The number of unbranched alkanes of at least 4 members (excludes halogenated alkanes) is 3. The molecule has 0 bridgehead atoms. The fraction of sp³-hybridized carbons (Fsp3) is 0.789. The van der Waals surface area contributed by atoms with Gasteiger partial charge in [0, 0.05) is 199 Å². The molecule has 0 spiro atoms. The molecule has 0 radical (unpaired) electrons. The molecule has 0 aromatic carbocycles. The van der Waals surface area contributed by atoms with Gasteiger partial charge in [0.05, 0.1) is 64.8 Å². The smallest absolute Gasteiger partial charge is 0.303 e. The summed E-state index contributed by atoms with van der Waals surface area (Å²) in [5.74, 6) is -11.5. The number of carbonyl (C=O) groups excluding carboxylic acids is 19. The summed E-state index contributed by atoms with van der Waals surface area (Å²) in [6.07, 6.45) is -11.3. The number of hydrogen-bond acceptors (Lipinski definition) is 41. The summed E-state index contributed by atoms with van der Waals surface area (Å²) in [4.78, 5) is 240. The summed E-state index contributed by atoms with van der Waals surface area (Å²) in [5, 5.41) is 37.2. The minimum Gasteiger partial charge on any atom is -0.463 e. The Balaban J connectivity index is 1.44. The van der Waals surface area contributed by atoms with Gasteiger partial charge in [-0.3, -0.25) is 91.1 Å². The molecule has 51 nitrogen and oxygen atoms in total. The molecule has 147 heavy (non-hydrogen) atoms. The van der Waals surface area contributed by atoms with Crippen LogP contribution in [0.3, 0.4) is 0 Å². The minimum atomic E-state index is -1.61. The molecular weight excluding hydrogens is 1960 g/mol. The van der Waals surface area contributed by atoms with Gasteiger partial charge in [0.2, 0.25) is 59.1 Å². The molecule has 10 N–H and O–H groups in total. The Morgan fingerprint density at radius 2 is 0.633 bits per heavy atom. The summed E-state index contributed by atoms with van der Waals surface area (Å²) >= 11 is 0. The molecule has 1 aliphatic carbocycles. The van der Waals surface area contributed by atoms with Crippen LogP contribution in [0.2, 0.25) is 0 Å². The zero-order valence-electron chi connectivity index (χ0n) is 87.3. The van der Waals surface area contributed by atoms with Crippen LogP contribution in [0.4, 0.5) is 0 Å². The fourth-order valence-corrected chi connectivity index (χ4v) is 17.7. The molecule has 52 heteroatoms. The number of nitrogens with zero attached hydrogens (tertiary/aromatic N) is 2. The Morgan fingerprint density at radius 3 is 0.891 bits per heavy atom. The highest BCUT2D eigenvalue weighted by molar-refractivity contribution is 7.44. The van der Waals surface area contributed by atoms with Gasteiger partial charge in [0.1, 0.15) is 61.8 Å². The Kier molecular flexibility index (Phi) is 62.3. The SMILES string of the molecule is CC(=O)NC1C(OCCCCC(=O)NCCCNC(=O)CCOCC(COCCC(=O)NCCCNC(=O)CCCCOC2OC(COC(C)=O)C(OC(C)=O)C(OC(C)=O)C2NC(C)=O)(COCCC(=O)NCCCNC(=O)CCCCOC2OC(COC(C)=O)C(OC(C)=O)C(OC(C)=O)C2NC(C)=O)NC(=O)C2CCC(OP(OCCC#N)N(C(C)C)C(C)C)CC2)OC(COC(C)=O)C(OC(C)=O)C1OC(C)=O. The van der Waals surface area contributed by atoms with E-state index in [1.807, 2.05) is 27.7 Å². The summed E-state index contributed by atoms with van der Waals surface area (Å²) in [7, 11) is -1.61. The Labute approximate surface area is 858 Å². The zero-order chi connectivity index (χ0) is 109. The van der Waals surface area contributed by atoms with Crippen LogP contribution in [-0.2, 0) is 185 Å². The largest absolute Gasteiger partial charge is 0.463 e. The third-order valence-electron chi connectivity index (χ3n) is 22.3. The van der Waals surface area contributed by atoms with Gasteiger partial charge in [-0.05, 0) is 111 Å².